The SMILES string of the molecule is CNC(N)NCCCC(C)N. The molecular formula is C7H20N4. The van der Waals surface area contributed by atoms with Gasteiger partial charge >= 0.3 is 0 Å². The summed E-state index contributed by atoms with van der Waals surface area (Å²) in [5.74, 6) is 0. The molecule has 68 valence electrons. The van der Waals surface area contributed by atoms with Gasteiger partial charge in [-0.1, -0.05) is 0 Å². The van der Waals surface area contributed by atoms with Crippen molar-refractivity contribution in [3.8, 4) is 0 Å². The van der Waals surface area contributed by atoms with Crippen LogP contribution in [0.25, 0.3) is 0 Å². The molecule has 11 heavy (non-hydrogen) atoms. The van der Waals surface area contributed by atoms with Crippen molar-refractivity contribution in [2.75, 3.05) is 13.6 Å². The molecule has 0 aromatic heterocycles. The van der Waals surface area contributed by atoms with Crippen LogP contribution in [0.5, 0.6) is 0 Å². The van der Waals surface area contributed by atoms with Crippen molar-refractivity contribution in [2.24, 2.45) is 11.5 Å². The molecule has 2 atom stereocenters. The molecule has 0 fully saturated rings. The van der Waals surface area contributed by atoms with Gasteiger partial charge < -0.3 is 11.5 Å². The maximum Gasteiger partial charge on any atom is 0.109 e. The molecule has 0 aromatic carbocycles. The van der Waals surface area contributed by atoms with Gasteiger partial charge in [-0.05, 0) is 33.4 Å². The van der Waals surface area contributed by atoms with Gasteiger partial charge in [-0.25, -0.2) is 0 Å². The number of nitrogens with two attached hydrogens (primary N) is 2. The zero-order valence-corrected chi connectivity index (χ0v) is 7.43. The van der Waals surface area contributed by atoms with E-state index in [1.165, 1.54) is 0 Å². The summed E-state index contributed by atoms with van der Waals surface area (Å²) < 4.78 is 0. The Labute approximate surface area is 68.7 Å². The van der Waals surface area contributed by atoms with Crippen LogP contribution in [0.4, 0.5) is 0 Å². The fraction of sp³-hybridized carbons (Fsp3) is 1.00. The van der Waals surface area contributed by atoms with Gasteiger partial charge in [-0.2, -0.15) is 0 Å². The van der Waals surface area contributed by atoms with E-state index in [1.807, 2.05) is 14.0 Å². The van der Waals surface area contributed by atoms with Crippen molar-refractivity contribution in [1.82, 2.24) is 10.6 Å². The summed E-state index contributed by atoms with van der Waals surface area (Å²) >= 11 is 0. The molecule has 0 aromatic rings. The normalized spacial score (nSPS) is 16.4. The van der Waals surface area contributed by atoms with Crippen molar-refractivity contribution in [3.05, 3.63) is 0 Å². The van der Waals surface area contributed by atoms with Crippen LogP contribution in [-0.2, 0) is 0 Å². The molecule has 2 unspecified atom stereocenters. The Hall–Kier alpha value is -0.160. The zero-order chi connectivity index (χ0) is 8.69. The summed E-state index contributed by atoms with van der Waals surface area (Å²) in [6.07, 6.45) is 2.03. The van der Waals surface area contributed by atoms with Crippen LogP contribution >= 0.6 is 0 Å². The van der Waals surface area contributed by atoms with Gasteiger partial charge in [-0.3, -0.25) is 10.6 Å². The maximum absolute atomic E-state index is 5.57. The first-order valence-corrected chi connectivity index (χ1v) is 4.08. The molecule has 0 rings (SSSR count). The van der Waals surface area contributed by atoms with E-state index in [4.69, 9.17) is 11.5 Å². The highest BCUT2D eigenvalue weighted by atomic mass is 15.2. The summed E-state index contributed by atoms with van der Waals surface area (Å²) in [6.45, 7) is 2.93. The highest BCUT2D eigenvalue weighted by molar-refractivity contribution is 4.57. The molecule has 0 bridgehead atoms. The van der Waals surface area contributed by atoms with E-state index >= 15 is 0 Å². The van der Waals surface area contributed by atoms with Gasteiger partial charge in [0.15, 0.2) is 0 Å². The van der Waals surface area contributed by atoms with Crippen LogP contribution in [0.2, 0.25) is 0 Å². The lowest BCUT2D eigenvalue weighted by atomic mass is 10.2. The molecule has 0 saturated heterocycles. The van der Waals surface area contributed by atoms with E-state index < -0.39 is 0 Å². The first-order valence-electron chi connectivity index (χ1n) is 4.08. The van der Waals surface area contributed by atoms with Gasteiger partial charge in [0, 0.05) is 6.04 Å². The van der Waals surface area contributed by atoms with Gasteiger partial charge in [0.1, 0.15) is 6.29 Å². The standard InChI is InChI=1S/C7H20N4/c1-6(8)4-3-5-11-7(9)10-2/h6-7,10-11H,3-5,8-9H2,1-2H3. The fourth-order valence-electron chi connectivity index (χ4n) is 0.784. The highest BCUT2D eigenvalue weighted by Gasteiger charge is 1.96. The van der Waals surface area contributed by atoms with E-state index in [2.05, 4.69) is 10.6 Å². The Morgan fingerprint density at radius 3 is 2.45 bits per heavy atom. The first kappa shape index (κ1) is 10.8. The van der Waals surface area contributed by atoms with E-state index in [-0.39, 0.29) is 6.29 Å². The largest absolute Gasteiger partial charge is 0.328 e. The highest BCUT2D eigenvalue weighted by Crippen LogP contribution is 1.90. The van der Waals surface area contributed by atoms with Gasteiger partial charge in [0.2, 0.25) is 0 Å². The molecule has 0 aliphatic heterocycles. The molecule has 0 spiro atoms. The van der Waals surface area contributed by atoms with Crippen LogP contribution in [0.1, 0.15) is 19.8 Å². The number of hydrogen-bond acceptors (Lipinski definition) is 4. The van der Waals surface area contributed by atoms with Crippen LogP contribution in [0, 0.1) is 0 Å². The molecule has 4 nitrogen and oxygen atoms in total. The third-order valence-corrected chi connectivity index (χ3v) is 1.51. The number of hydrogen-bond donors (Lipinski definition) is 4. The lowest BCUT2D eigenvalue weighted by Crippen LogP contribution is -2.47. The van der Waals surface area contributed by atoms with E-state index in [0.717, 1.165) is 19.4 Å². The molecule has 0 radical (unpaired) electrons. The average molecular weight is 160 g/mol. The second kappa shape index (κ2) is 6.54. The molecule has 6 N–H and O–H groups in total. The minimum absolute atomic E-state index is 0.0944. The zero-order valence-electron chi connectivity index (χ0n) is 7.43. The van der Waals surface area contributed by atoms with Crippen molar-refractivity contribution >= 4 is 0 Å². The summed E-state index contributed by atoms with van der Waals surface area (Å²) in [5, 5.41) is 5.99. The first-order chi connectivity index (χ1) is 5.16. The summed E-state index contributed by atoms with van der Waals surface area (Å²) in [4.78, 5) is 0. The van der Waals surface area contributed by atoms with Crippen LogP contribution in [0.15, 0.2) is 0 Å². The Morgan fingerprint density at radius 2 is 2.00 bits per heavy atom. The van der Waals surface area contributed by atoms with Crippen molar-refractivity contribution in [1.29, 1.82) is 0 Å². The van der Waals surface area contributed by atoms with Gasteiger partial charge in [0.05, 0.1) is 0 Å². The molecule has 0 heterocycles. The van der Waals surface area contributed by atoms with Crippen molar-refractivity contribution < 1.29 is 0 Å². The molecule has 4 heteroatoms. The average Bonchev–Trinajstić information content (AvgIpc) is 1.97. The molecule has 0 saturated carbocycles. The van der Waals surface area contributed by atoms with Gasteiger partial charge in [0.25, 0.3) is 0 Å². The summed E-state index contributed by atoms with van der Waals surface area (Å²) in [5.41, 5.74) is 11.1. The fourth-order valence-corrected chi connectivity index (χ4v) is 0.784. The van der Waals surface area contributed by atoms with Crippen LogP contribution in [-0.4, -0.2) is 25.9 Å². The number of nitrogens with one attached hydrogen (secondary N) is 2. The Balaban J connectivity index is 3.01. The molecule has 0 amide bonds. The van der Waals surface area contributed by atoms with Crippen LogP contribution in [0.3, 0.4) is 0 Å². The third-order valence-electron chi connectivity index (χ3n) is 1.51. The quantitative estimate of drug-likeness (QED) is 0.302. The second-order valence-electron chi connectivity index (χ2n) is 2.84. The van der Waals surface area contributed by atoms with E-state index in [9.17, 15) is 0 Å². The van der Waals surface area contributed by atoms with Crippen molar-refractivity contribution in [3.63, 3.8) is 0 Å². The smallest absolute Gasteiger partial charge is 0.109 e. The topological polar surface area (TPSA) is 76.1 Å². The Bertz CT molecular complexity index is 84.5. The molecule has 0 aliphatic rings. The lowest BCUT2D eigenvalue weighted by molar-refractivity contribution is 0.453. The van der Waals surface area contributed by atoms with E-state index in [1.54, 1.807) is 0 Å². The predicted molar refractivity (Wildman–Crippen MR) is 47.9 cm³/mol. The maximum atomic E-state index is 5.57. The second-order valence-corrected chi connectivity index (χ2v) is 2.84. The van der Waals surface area contributed by atoms with Crippen LogP contribution < -0.4 is 22.1 Å². The van der Waals surface area contributed by atoms with Crippen molar-refractivity contribution in [2.45, 2.75) is 32.1 Å². The Kier molecular flexibility index (Phi) is 6.45. The summed E-state index contributed by atoms with van der Waals surface area (Å²) in [6, 6.07) is 0.294. The Morgan fingerprint density at radius 1 is 1.36 bits per heavy atom. The molecule has 0 aliphatic carbocycles. The third kappa shape index (κ3) is 7.74. The molecular weight excluding hydrogens is 140 g/mol. The summed E-state index contributed by atoms with van der Waals surface area (Å²) in [7, 11) is 1.82. The monoisotopic (exact) mass is 160 g/mol. The minimum Gasteiger partial charge on any atom is -0.328 e. The number of rotatable bonds is 6. The van der Waals surface area contributed by atoms with Gasteiger partial charge in [-0.15, -0.1) is 0 Å². The van der Waals surface area contributed by atoms with E-state index in [0.29, 0.717) is 6.04 Å². The predicted octanol–water partition coefficient (Wildman–Crippen LogP) is -0.835. The minimum atomic E-state index is -0.0944. The lowest BCUT2D eigenvalue weighted by Gasteiger charge is -2.12.